The van der Waals surface area contributed by atoms with Gasteiger partial charge in [-0.1, -0.05) is 0 Å². The molecule has 0 atom stereocenters. The van der Waals surface area contributed by atoms with E-state index < -0.39 is 0 Å². The van der Waals surface area contributed by atoms with Gasteiger partial charge < -0.3 is 4.90 Å². The van der Waals surface area contributed by atoms with Gasteiger partial charge in [-0.15, -0.1) is 22.7 Å². The summed E-state index contributed by atoms with van der Waals surface area (Å²) in [7, 11) is 0. The van der Waals surface area contributed by atoms with E-state index >= 15 is 0 Å². The maximum absolute atomic E-state index is 4.67. The Hall–Kier alpha value is -0.980. The van der Waals surface area contributed by atoms with Gasteiger partial charge in [-0.3, -0.25) is 4.90 Å². The Labute approximate surface area is 134 Å². The largest absolute Gasteiger partial charge is 0.346 e. The summed E-state index contributed by atoms with van der Waals surface area (Å²) in [5, 5.41) is 4.55. The molecule has 1 saturated heterocycles. The van der Waals surface area contributed by atoms with Gasteiger partial charge in [-0.05, 0) is 20.8 Å². The summed E-state index contributed by atoms with van der Waals surface area (Å²) in [6.45, 7) is 11.9. The van der Waals surface area contributed by atoms with Crippen LogP contribution in [0.1, 0.15) is 21.3 Å². The van der Waals surface area contributed by atoms with E-state index in [1.807, 2.05) is 11.3 Å². The van der Waals surface area contributed by atoms with Gasteiger partial charge in [0, 0.05) is 49.4 Å². The maximum Gasteiger partial charge on any atom is 0.185 e. The Balaban J connectivity index is 1.48. The van der Waals surface area contributed by atoms with Gasteiger partial charge in [0.1, 0.15) is 0 Å². The predicted molar refractivity (Wildman–Crippen MR) is 90.8 cm³/mol. The minimum Gasteiger partial charge on any atom is -0.346 e. The molecule has 114 valence electrons. The zero-order valence-electron chi connectivity index (χ0n) is 12.9. The minimum absolute atomic E-state index is 1.07. The van der Waals surface area contributed by atoms with Crippen LogP contribution in [0.25, 0.3) is 0 Å². The molecule has 0 aromatic carbocycles. The second-order valence-corrected chi connectivity index (χ2v) is 7.82. The number of anilines is 1. The average Bonchev–Trinajstić information content (AvgIpc) is 3.04. The van der Waals surface area contributed by atoms with E-state index in [2.05, 4.69) is 45.9 Å². The highest BCUT2D eigenvalue weighted by molar-refractivity contribution is 7.15. The van der Waals surface area contributed by atoms with Crippen molar-refractivity contribution in [2.45, 2.75) is 27.2 Å². The van der Waals surface area contributed by atoms with Crippen molar-refractivity contribution in [1.29, 1.82) is 0 Å². The quantitative estimate of drug-likeness (QED) is 0.866. The van der Waals surface area contributed by atoms with Gasteiger partial charge in [0.25, 0.3) is 0 Å². The lowest BCUT2D eigenvalue weighted by Crippen LogP contribution is -2.47. The summed E-state index contributed by atoms with van der Waals surface area (Å²) in [6.07, 6.45) is 1.07. The van der Waals surface area contributed by atoms with Crippen LogP contribution in [0.4, 0.5) is 5.13 Å². The number of thiazole rings is 2. The molecular formula is C15H22N4S2. The van der Waals surface area contributed by atoms with Gasteiger partial charge in [-0.2, -0.15) is 0 Å². The van der Waals surface area contributed by atoms with Crippen LogP contribution in [-0.4, -0.2) is 47.6 Å². The molecule has 0 bridgehead atoms. The van der Waals surface area contributed by atoms with Crippen LogP contribution < -0.4 is 4.90 Å². The Bertz CT molecular complexity index is 577. The topological polar surface area (TPSA) is 32.3 Å². The zero-order chi connectivity index (χ0) is 14.8. The number of aryl methyl sites for hydroxylation is 3. The molecule has 0 radical (unpaired) electrons. The normalized spacial score (nSPS) is 16.6. The third-order valence-corrected chi connectivity index (χ3v) is 5.97. The van der Waals surface area contributed by atoms with E-state index in [9.17, 15) is 0 Å². The van der Waals surface area contributed by atoms with E-state index in [-0.39, 0.29) is 0 Å². The molecule has 2 aromatic rings. The Kier molecular flexibility index (Phi) is 4.57. The Morgan fingerprint density at radius 2 is 1.86 bits per heavy atom. The first-order valence-electron chi connectivity index (χ1n) is 7.44. The molecule has 0 N–H and O–H groups in total. The maximum atomic E-state index is 4.67. The summed E-state index contributed by atoms with van der Waals surface area (Å²) in [5.74, 6) is 0. The molecule has 21 heavy (non-hydrogen) atoms. The monoisotopic (exact) mass is 322 g/mol. The Morgan fingerprint density at radius 3 is 2.43 bits per heavy atom. The minimum atomic E-state index is 1.07. The van der Waals surface area contributed by atoms with E-state index in [0.717, 1.165) is 39.1 Å². The molecule has 4 nitrogen and oxygen atoms in total. The molecule has 1 aliphatic heterocycles. The number of rotatable bonds is 4. The van der Waals surface area contributed by atoms with Crippen molar-refractivity contribution in [3.8, 4) is 0 Å². The van der Waals surface area contributed by atoms with Crippen molar-refractivity contribution in [2.75, 3.05) is 37.6 Å². The summed E-state index contributed by atoms with van der Waals surface area (Å²) >= 11 is 3.57. The van der Waals surface area contributed by atoms with Crippen LogP contribution in [0.2, 0.25) is 0 Å². The van der Waals surface area contributed by atoms with Crippen molar-refractivity contribution >= 4 is 27.8 Å². The van der Waals surface area contributed by atoms with Crippen LogP contribution in [0, 0.1) is 20.8 Å². The highest BCUT2D eigenvalue weighted by Gasteiger charge is 2.19. The van der Waals surface area contributed by atoms with E-state index in [4.69, 9.17) is 0 Å². The number of piperazine rings is 1. The molecule has 3 rings (SSSR count). The SMILES string of the molecule is Cc1nc(CCN2CCN(c3nc(C)c(C)s3)CC2)cs1. The molecule has 0 saturated carbocycles. The van der Waals surface area contributed by atoms with Gasteiger partial charge in [0.05, 0.1) is 16.4 Å². The molecule has 3 heterocycles. The highest BCUT2D eigenvalue weighted by Crippen LogP contribution is 2.25. The lowest BCUT2D eigenvalue weighted by atomic mass is 10.2. The lowest BCUT2D eigenvalue weighted by Gasteiger charge is -2.34. The first-order valence-corrected chi connectivity index (χ1v) is 9.14. The average molecular weight is 323 g/mol. The smallest absolute Gasteiger partial charge is 0.185 e. The van der Waals surface area contributed by atoms with Gasteiger partial charge >= 0.3 is 0 Å². The van der Waals surface area contributed by atoms with E-state index in [1.54, 1.807) is 11.3 Å². The van der Waals surface area contributed by atoms with Gasteiger partial charge in [0.15, 0.2) is 5.13 Å². The Morgan fingerprint density at radius 1 is 1.10 bits per heavy atom. The fraction of sp³-hybridized carbons (Fsp3) is 0.600. The zero-order valence-corrected chi connectivity index (χ0v) is 14.6. The number of hydrogen-bond acceptors (Lipinski definition) is 6. The summed E-state index contributed by atoms with van der Waals surface area (Å²) in [6, 6.07) is 0. The fourth-order valence-corrected chi connectivity index (χ4v) is 4.16. The molecular weight excluding hydrogens is 300 g/mol. The lowest BCUT2D eigenvalue weighted by molar-refractivity contribution is 0.260. The van der Waals surface area contributed by atoms with Crippen LogP contribution >= 0.6 is 22.7 Å². The molecule has 1 fully saturated rings. The van der Waals surface area contributed by atoms with Crippen molar-refractivity contribution in [2.24, 2.45) is 0 Å². The molecule has 0 spiro atoms. The molecule has 0 unspecified atom stereocenters. The first-order chi connectivity index (χ1) is 10.1. The van der Waals surface area contributed by atoms with Crippen LogP contribution in [0.3, 0.4) is 0 Å². The predicted octanol–water partition coefficient (Wildman–Crippen LogP) is 2.89. The van der Waals surface area contributed by atoms with E-state index in [1.165, 1.54) is 26.4 Å². The second-order valence-electron chi connectivity index (χ2n) is 5.57. The van der Waals surface area contributed by atoms with Crippen molar-refractivity contribution < 1.29 is 0 Å². The number of nitrogens with zero attached hydrogens (tertiary/aromatic N) is 4. The van der Waals surface area contributed by atoms with E-state index in [0.29, 0.717) is 0 Å². The van der Waals surface area contributed by atoms with Crippen molar-refractivity contribution in [1.82, 2.24) is 14.9 Å². The van der Waals surface area contributed by atoms with Gasteiger partial charge in [-0.25, -0.2) is 9.97 Å². The summed E-state index contributed by atoms with van der Waals surface area (Å²) in [5.41, 5.74) is 2.42. The van der Waals surface area contributed by atoms with Crippen molar-refractivity contribution in [3.63, 3.8) is 0 Å². The number of aromatic nitrogens is 2. The number of hydrogen-bond donors (Lipinski definition) is 0. The van der Waals surface area contributed by atoms with Crippen LogP contribution in [0.5, 0.6) is 0 Å². The first kappa shape index (κ1) is 14.9. The molecule has 0 amide bonds. The highest BCUT2D eigenvalue weighted by atomic mass is 32.1. The summed E-state index contributed by atoms with van der Waals surface area (Å²) in [4.78, 5) is 15.5. The standard InChI is InChI=1S/C15H22N4S2/c1-11-12(2)21-15(16-11)19-8-6-18(7-9-19)5-4-14-10-20-13(3)17-14/h10H,4-9H2,1-3H3. The molecule has 2 aromatic heterocycles. The third-order valence-electron chi connectivity index (χ3n) is 4.01. The fourth-order valence-electron chi connectivity index (χ4n) is 2.55. The second kappa shape index (κ2) is 6.42. The molecule has 6 heteroatoms. The van der Waals surface area contributed by atoms with Crippen LogP contribution in [0.15, 0.2) is 5.38 Å². The molecule has 0 aliphatic carbocycles. The van der Waals surface area contributed by atoms with Crippen molar-refractivity contribution in [3.05, 3.63) is 26.7 Å². The summed E-state index contributed by atoms with van der Waals surface area (Å²) < 4.78 is 0. The van der Waals surface area contributed by atoms with Gasteiger partial charge in [0.2, 0.25) is 0 Å². The van der Waals surface area contributed by atoms with Crippen LogP contribution in [-0.2, 0) is 6.42 Å². The molecule has 1 aliphatic rings. The third kappa shape index (κ3) is 3.62.